The minimum absolute atomic E-state index is 0.0477. The van der Waals surface area contributed by atoms with Gasteiger partial charge in [0.1, 0.15) is 0 Å². The van der Waals surface area contributed by atoms with Crippen molar-refractivity contribution in [2.75, 3.05) is 50.8 Å². The maximum absolute atomic E-state index is 12.2. The molecule has 3 amide bonds. The van der Waals surface area contributed by atoms with Gasteiger partial charge < -0.3 is 20.3 Å². The Morgan fingerprint density at radius 2 is 1.96 bits per heavy atom. The summed E-state index contributed by atoms with van der Waals surface area (Å²) < 4.78 is 5.32. The predicted octanol–water partition coefficient (Wildman–Crippen LogP) is 1.12. The second kappa shape index (κ2) is 9.00. The number of anilines is 1. The highest BCUT2D eigenvalue weighted by atomic mass is 16.5. The summed E-state index contributed by atoms with van der Waals surface area (Å²) in [6.45, 7) is 7.64. The molecule has 0 saturated carbocycles. The van der Waals surface area contributed by atoms with E-state index in [0.717, 1.165) is 50.5 Å². The summed E-state index contributed by atoms with van der Waals surface area (Å²) in [6.07, 6.45) is 1.25. The largest absolute Gasteiger partial charge is 0.379 e. The van der Waals surface area contributed by atoms with Crippen molar-refractivity contribution in [2.24, 2.45) is 0 Å². The van der Waals surface area contributed by atoms with Gasteiger partial charge in [-0.05, 0) is 32.0 Å². The molecule has 2 aliphatic heterocycles. The number of carbonyl (C=O) groups is 2. The number of nitrogens with one attached hydrogen (secondary N) is 2. The summed E-state index contributed by atoms with van der Waals surface area (Å²) >= 11 is 0. The molecule has 7 nitrogen and oxygen atoms in total. The first-order valence-corrected chi connectivity index (χ1v) is 9.33. The molecule has 0 unspecified atom stereocenters. The standard InChI is InChI=1S/C19H28N4O3/c1-15-3-5-17(6-4-15)23-14-16(13-18(23)24)21-19(25)20-7-2-8-22-9-11-26-12-10-22/h3-6,16H,2,7-14H2,1H3,(H2,20,21,25)/t16-/m1/s1. The summed E-state index contributed by atoms with van der Waals surface area (Å²) in [6, 6.07) is 7.52. The first-order valence-electron chi connectivity index (χ1n) is 9.33. The fourth-order valence-corrected chi connectivity index (χ4v) is 3.34. The van der Waals surface area contributed by atoms with E-state index in [1.807, 2.05) is 31.2 Å². The zero-order valence-corrected chi connectivity index (χ0v) is 15.4. The second-order valence-corrected chi connectivity index (χ2v) is 6.95. The molecule has 1 aromatic rings. The highest BCUT2D eigenvalue weighted by Gasteiger charge is 2.31. The van der Waals surface area contributed by atoms with Gasteiger partial charge in [-0.25, -0.2) is 4.79 Å². The van der Waals surface area contributed by atoms with E-state index >= 15 is 0 Å². The second-order valence-electron chi connectivity index (χ2n) is 6.95. The van der Waals surface area contributed by atoms with Crippen LogP contribution in [-0.2, 0) is 9.53 Å². The smallest absolute Gasteiger partial charge is 0.315 e. The number of aryl methyl sites for hydroxylation is 1. The van der Waals surface area contributed by atoms with Crippen LogP contribution in [0.25, 0.3) is 0 Å². The summed E-state index contributed by atoms with van der Waals surface area (Å²) in [5.41, 5.74) is 2.04. The SMILES string of the molecule is Cc1ccc(N2C[C@H](NC(=O)NCCCN3CCOCC3)CC2=O)cc1. The van der Waals surface area contributed by atoms with Gasteiger partial charge in [-0.2, -0.15) is 0 Å². The van der Waals surface area contributed by atoms with Gasteiger partial charge in [0.2, 0.25) is 5.91 Å². The van der Waals surface area contributed by atoms with Crippen LogP contribution >= 0.6 is 0 Å². The third-order valence-electron chi connectivity index (χ3n) is 4.85. The van der Waals surface area contributed by atoms with E-state index < -0.39 is 0 Å². The summed E-state index contributed by atoms with van der Waals surface area (Å²) in [4.78, 5) is 28.4. The Balaban J connectivity index is 1.36. The number of amides is 3. The van der Waals surface area contributed by atoms with Crippen molar-refractivity contribution in [3.8, 4) is 0 Å². The highest BCUT2D eigenvalue weighted by molar-refractivity contribution is 5.96. The zero-order valence-electron chi connectivity index (χ0n) is 15.4. The lowest BCUT2D eigenvalue weighted by Crippen LogP contribution is -2.44. The lowest BCUT2D eigenvalue weighted by Gasteiger charge is -2.26. The number of hydrogen-bond donors (Lipinski definition) is 2. The summed E-state index contributed by atoms with van der Waals surface area (Å²) in [5.74, 6) is 0.0477. The minimum atomic E-state index is -0.199. The molecule has 2 aliphatic rings. The Kier molecular flexibility index (Phi) is 6.46. The van der Waals surface area contributed by atoms with Crippen LogP contribution in [0, 0.1) is 6.92 Å². The number of morpholine rings is 1. The van der Waals surface area contributed by atoms with Crippen LogP contribution in [-0.4, -0.2) is 68.8 Å². The van der Waals surface area contributed by atoms with Gasteiger partial charge in [-0.3, -0.25) is 9.69 Å². The van der Waals surface area contributed by atoms with Crippen molar-refractivity contribution in [1.29, 1.82) is 0 Å². The molecular formula is C19H28N4O3. The quantitative estimate of drug-likeness (QED) is 0.746. The van der Waals surface area contributed by atoms with Crippen LogP contribution in [0.5, 0.6) is 0 Å². The zero-order chi connectivity index (χ0) is 18.4. The van der Waals surface area contributed by atoms with Crippen molar-refractivity contribution < 1.29 is 14.3 Å². The highest BCUT2D eigenvalue weighted by Crippen LogP contribution is 2.21. The van der Waals surface area contributed by atoms with E-state index in [-0.39, 0.29) is 18.0 Å². The Morgan fingerprint density at radius 3 is 2.69 bits per heavy atom. The molecule has 7 heteroatoms. The predicted molar refractivity (Wildman–Crippen MR) is 100 cm³/mol. The van der Waals surface area contributed by atoms with Crippen LogP contribution in [0.4, 0.5) is 10.5 Å². The maximum atomic E-state index is 12.2. The van der Waals surface area contributed by atoms with Gasteiger partial charge in [-0.1, -0.05) is 17.7 Å². The molecular weight excluding hydrogens is 332 g/mol. The van der Waals surface area contributed by atoms with E-state index in [2.05, 4.69) is 15.5 Å². The molecule has 2 heterocycles. The topological polar surface area (TPSA) is 73.9 Å². The number of carbonyl (C=O) groups excluding carboxylic acids is 2. The van der Waals surface area contributed by atoms with Crippen LogP contribution < -0.4 is 15.5 Å². The average molecular weight is 360 g/mol. The fraction of sp³-hybridized carbons (Fsp3) is 0.579. The Labute approximate surface area is 154 Å². The van der Waals surface area contributed by atoms with Crippen LogP contribution in [0.1, 0.15) is 18.4 Å². The van der Waals surface area contributed by atoms with Gasteiger partial charge in [0, 0.05) is 38.3 Å². The van der Waals surface area contributed by atoms with Crippen molar-refractivity contribution in [3.05, 3.63) is 29.8 Å². The van der Waals surface area contributed by atoms with E-state index in [1.165, 1.54) is 0 Å². The van der Waals surface area contributed by atoms with Crippen molar-refractivity contribution in [2.45, 2.75) is 25.8 Å². The molecule has 3 rings (SSSR count). The van der Waals surface area contributed by atoms with Gasteiger partial charge in [0.05, 0.1) is 19.3 Å². The summed E-state index contributed by atoms with van der Waals surface area (Å²) in [7, 11) is 0. The van der Waals surface area contributed by atoms with Gasteiger partial charge >= 0.3 is 6.03 Å². The Hall–Kier alpha value is -2.12. The lowest BCUT2D eigenvalue weighted by molar-refractivity contribution is -0.117. The molecule has 2 N–H and O–H groups in total. The lowest BCUT2D eigenvalue weighted by atomic mass is 10.2. The van der Waals surface area contributed by atoms with Crippen LogP contribution in [0.15, 0.2) is 24.3 Å². The van der Waals surface area contributed by atoms with Crippen LogP contribution in [0.2, 0.25) is 0 Å². The van der Waals surface area contributed by atoms with Crippen LogP contribution in [0.3, 0.4) is 0 Å². The van der Waals surface area contributed by atoms with E-state index in [9.17, 15) is 9.59 Å². The van der Waals surface area contributed by atoms with E-state index in [1.54, 1.807) is 4.90 Å². The Bertz CT molecular complexity index is 614. The van der Waals surface area contributed by atoms with Gasteiger partial charge in [0.15, 0.2) is 0 Å². The number of nitrogens with zero attached hydrogens (tertiary/aromatic N) is 2. The molecule has 2 fully saturated rings. The van der Waals surface area contributed by atoms with Gasteiger partial charge in [0.25, 0.3) is 0 Å². The third-order valence-corrected chi connectivity index (χ3v) is 4.85. The molecule has 142 valence electrons. The van der Waals surface area contributed by atoms with E-state index in [0.29, 0.717) is 19.5 Å². The first-order chi connectivity index (χ1) is 12.6. The molecule has 0 aliphatic carbocycles. The van der Waals surface area contributed by atoms with Crippen molar-refractivity contribution in [3.63, 3.8) is 0 Å². The molecule has 0 radical (unpaired) electrons. The molecule has 1 aromatic carbocycles. The molecule has 0 bridgehead atoms. The molecule has 0 aromatic heterocycles. The van der Waals surface area contributed by atoms with Crippen molar-refractivity contribution >= 4 is 17.6 Å². The third kappa shape index (κ3) is 5.19. The number of ether oxygens (including phenoxy) is 1. The monoisotopic (exact) mass is 360 g/mol. The van der Waals surface area contributed by atoms with Crippen molar-refractivity contribution in [1.82, 2.24) is 15.5 Å². The molecule has 0 spiro atoms. The maximum Gasteiger partial charge on any atom is 0.315 e. The van der Waals surface area contributed by atoms with Gasteiger partial charge in [-0.15, -0.1) is 0 Å². The number of urea groups is 1. The number of benzene rings is 1. The molecule has 26 heavy (non-hydrogen) atoms. The minimum Gasteiger partial charge on any atom is -0.379 e. The fourth-order valence-electron chi connectivity index (χ4n) is 3.34. The number of hydrogen-bond acceptors (Lipinski definition) is 4. The Morgan fingerprint density at radius 1 is 1.23 bits per heavy atom. The normalized spacial score (nSPS) is 21.0. The average Bonchev–Trinajstić information content (AvgIpc) is 3.00. The summed E-state index contributed by atoms with van der Waals surface area (Å²) in [5, 5.41) is 5.80. The first kappa shape index (κ1) is 18.7. The molecule has 2 saturated heterocycles. The van der Waals surface area contributed by atoms with E-state index in [4.69, 9.17) is 4.74 Å². The molecule has 1 atom stereocenters. The number of rotatable bonds is 6.